The van der Waals surface area contributed by atoms with Gasteiger partial charge in [-0.05, 0) is 32.1 Å². The van der Waals surface area contributed by atoms with Crippen LogP contribution in [0.5, 0.6) is 0 Å². The topological polar surface area (TPSA) is 69.7 Å². The van der Waals surface area contributed by atoms with Crippen LogP contribution in [0.2, 0.25) is 0 Å². The molecular formula is C16H20O5. The van der Waals surface area contributed by atoms with Crippen molar-refractivity contribution < 1.29 is 23.9 Å². The molecule has 0 aromatic rings. The van der Waals surface area contributed by atoms with Gasteiger partial charge in [0.15, 0.2) is 5.41 Å². The predicted octanol–water partition coefficient (Wildman–Crippen LogP) is 1.82. The Morgan fingerprint density at radius 1 is 1.29 bits per heavy atom. The molecule has 5 heteroatoms. The van der Waals surface area contributed by atoms with Crippen LogP contribution in [0.25, 0.3) is 0 Å². The number of carbonyl (C=O) groups excluding carboxylic acids is 3. The largest absolute Gasteiger partial charge is 0.468 e. The number of ether oxygens (including phenoxy) is 2. The lowest BCUT2D eigenvalue weighted by molar-refractivity contribution is -0.168. The van der Waals surface area contributed by atoms with E-state index in [1.54, 1.807) is 0 Å². The van der Waals surface area contributed by atoms with Crippen LogP contribution in [0.4, 0.5) is 0 Å². The van der Waals surface area contributed by atoms with Gasteiger partial charge in [0.05, 0.1) is 14.2 Å². The Bertz CT molecular complexity index is 513. The lowest BCUT2D eigenvalue weighted by atomic mass is 9.84. The number of fused-ring (bicyclic) bond motifs is 1. The number of hydrogen-bond acceptors (Lipinski definition) is 5. The maximum atomic E-state index is 12.2. The zero-order chi connectivity index (χ0) is 15.6. The molecule has 0 radical (unpaired) electrons. The van der Waals surface area contributed by atoms with Gasteiger partial charge in [-0.2, -0.15) is 0 Å². The molecule has 0 heterocycles. The number of esters is 2. The van der Waals surface area contributed by atoms with E-state index in [9.17, 15) is 14.4 Å². The normalized spacial score (nSPS) is 26.8. The van der Waals surface area contributed by atoms with Gasteiger partial charge in [0, 0.05) is 5.92 Å². The first kappa shape index (κ1) is 15.5. The Morgan fingerprint density at radius 2 is 1.90 bits per heavy atom. The van der Waals surface area contributed by atoms with E-state index in [1.807, 2.05) is 19.1 Å². The number of methoxy groups -OCH3 is 2. The third-order valence-electron chi connectivity index (χ3n) is 4.65. The van der Waals surface area contributed by atoms with E-state index in [0.717, 1.165) is 17.4 Å². The van der Waals surface area contributed by atoms with E-state index in [2.05, 4.69) is 0 Å². The predicted molar refractivity (Wildman–Crippen MR) is 75.2 cm³/mol. The van der Waals surface area contributed by atoms with E-state index >= 15 is 0 Å². The molecule has 0 amide bonds. The van der Waals surface area contributed by atoms with Gasteiger partial charge in [0.1, 0.15) is 6.29 Å². The monoisotopic (exact) mass is 292 g/mol. The summed E-state index contributed by atoms with van der Waals surface area (Å²) < 4.78 is 9.66. The first-order valence-corrected chi connectivity index (χ1v) is 6.98. The van der Waals surface area contributed by atoms with Crippen molar-refractivity contribution in [3.05, 3.63) is 23.3 Å². The number of rotatable bonds is 3. The van der Waals surface area contributed by atoms with Crippen LogP contribution in [0.15, 0.2) is 23.3 Å². The molecule has 21 heavy (non-hydrogen) atoms. The summed E-state index contributed by atoms with van der Waals surface area (Å²) in [6.45, 7) is 1.90. The molecule has 0 spiro atoms. The molecule has 1 saturated carbocycles. The molecule has 1 fully saturated rings. The van der Waals surface area contributed by atoms with E-state index in [1.165, 1.54) is 14.2 Å². The van der Waals surface area contributed by atoms with Crippen LogP contribution < -0.4 is 0 Å². The first-order valence-electron chi connectivity index (χ1n) is 6.98. The van der Waals surface area contributed by atoms with E-state index in [-0.39, 0.29) is 18.3 Å². The molecule has 0 aromatic heterocycles. The minimum atomic E-state index is -1.29. The van der Waals surface area contributed by atoms with E-state index in [4.69, 9.17) is 9.47 Å². The SMILES string of the molecule is COC(=O)C1(C(=O)OC)CC2=C(C)[C@H](C=O)CC=C[C@H]2C1. The van der Waals surface area contributed by atoms with Crippen molar-refractivity contribution in [3.63, 3.8) is 0 Å². The molecule has 2 atom stereocenters. The Morgan fingerprint density at radius 3 is 2.43 bits per heavy atom. The molecule has 0 aliphatic heterocycles. The maximum Gasteiger partial charge on any atom is 0.323 e. The van der Waals surface area contributed by atoms with Gasteiger partial charge in [0.2, 0.25) is 0 Å². The van der Waals surface area contributed by atoms with Crippen molar-refractivity contribution >= 4 is 18.2 Å². The number of carbonyl (C=O) groups is 3. The summed E-state index contributed by atoms with van der Waals surface area (Å²) in [6, 6.07) is 0. The quantitative estimate of drug-likeness (QED) is 0.343. The molecule has 0 aromatic carbocycles. The molecule has 0 bridgehead atoms. The zero-order valence-electron chi connectivity index (χ0n) is 12.5. The smallest absolute Gasteiger partial charge is 0.323 e. The second-order valence-corrected chi connectivity index (χ2v) is 5.67. The fourth-order valence-corrected chi connectivity index (χ4v) is 3.39. The van der Waals surface area contributed by atoms with Crippen LogP contribution in [0.1, 0.15) is 26.2 Å². The summed E-state index contributed by atoms with van der Waals surface area (Å²) in [5.74, 6) is -1.35. The standard InChI is InChI=1S/C16H20O5/c1-10-12(9-17)6-4-5-11-7-16(8-13(10)11,14(18)20-2)15(19)21-3/h4-5,9,11-12H,6-8H2,1-3H3/t11-,12-/m0/s1. The van der Waals surface area contributed by atoms with Crippen molar-refractivity contribution in [1.82, 2.24) is 0 Å². The van der Waals surface area contributed by atoms with Gasteiger partial charge in [-0.25, -0.2) is 0 Å². The van der Waals surface area contributed by atoms with Crippen LogP contribution in [0, 0.1) is 17.3 Å². The Balaban J connectivity index is 2.48. The first-order chi connectivity index (χ1) is 10.00. The average Bonchev–Trinajstić information content (AvgIpc) is 2.83. The Labute approximate surface area is 124 Å². The highest BCUT2D eigenvalue weighted by Crippen LogP contribution is 2.50. The van der Waals surface area contributed by atoms with Gasteiger partial charge in [-0.1, -0.05) is 23.3 Å². The molecule has 5 nitrogen and oxygen atoms in total. The fourth-order valence-electron chi connectivity index (χ4n) is 3.39. The minimum absolute atomic E-state index is 0.0202. The van der Waals surface area contributed by atoms with Crippen LogP contribution >= 0.6 is 0 Å². The van der Waals surface area contributed by atoms with Gasteiger partial charge < -0.3 is 14.3 Å². The molecule has 0 N–H and O–H groups in total. The number of aldehydes is 1. The minimum Gasteiger partial charge on any atom is -0.468 e. The number of allylic oxidation sites excluding steroid dienone is 4. The fraction of sp³-hybridized carbons (Fsp3) is 0.562. The second kappa shape index (κ2) is 5.84. The molecule has 2 rings (SSSR count). The lowest BCUT2D eigenvalue weighted by Gasteiger charge is -2.22. The molecule has 2 aliphatic carbocycles. The molecule has 0 saturated heterocycles. The molecule has 114 valence electrons. The summed E-state index contributed by atoms with van der Waals surface area (Å²) in [5.41, 5.74) is 0.645. The second-order valence-electron chi connectivity index (χ2n) is 5.67. The number of hydrogen-bond donors (Lipinski definition) is 0. The average molecular weight is 292 g/mol. The highest BCUT2D eigenvalue weighted by molar-refractivity contribution is 6.01. The maximum absolute atomic E-state index is 12.2. The zero-order valence-corrected chi connectivity index (χ0v) is 12.5. The molecule has 2 aliphatic rings. The van der Waals surface area contributed by atoms with Gasteiger partial charge >= 0.3 is 11.9 Å². The van der Waals surface area contributed by atoms with Crippen molar-refractivity contribution in [3.8, 4) is 0 Å². The van der Waals surface area contributed by atoms with Crippen molar-refractivity contribution in [2.24, 2.45) is 17.3 Å². The van der Waals surface area contributed by atoms with Crippen molar-refractivity contribution in [1.29, 1.82) is 0 Å². The van der Waals surface area contributed by atoms with Crippen molar-refractivity contribution in [2.45, 2.75) is 26.2 Å². The van der Waals surface area contributed by atoms with Crippen LogP contribution in [0.3, 0.4) is 0 Å². The highest BCUT2D eigenvalue weighted by Gasteiger charge is 2.55. The summed E-state index contributed by atoms with van der Waals surface area (Å²) in [4.78, 5) is 35.6. The van der Waals surface area contributed by atoms with Gasteiger partial charge in [-0.3, -0.25) is 9.59 Å². The molecular weight excluding hydrogens is 272 g/mol. The van der Waals surface area contributed by atoms with Crippen LogP contribution in [-0.4, -0.2) is 32.4 Å². The summed E-state index contributed by atoms with van der Waals surface area (Å²) in [7, 11) is 2.54. The third-order valence-corrected chi connectivity index (χ3v) is 4.65. The lowest BCUT2D eigenvalue weighted by Crippen LogP contribution is -2.39. The van der Waals surface area contributed by atoms with E-state index < -0.39 is 17.4 Å². The Kier molecular flexibility index (Phi) is 4.30. The third kappa shape index (κ3) is 2.41. The van der Waals surface area contributed by atoms with Gasteiger partial charge in [-0.15, -0.1) is 0 Å². The Hall–Kier alpha value is -1.91. The highest BCUT2D eigenvalue weighted by atomic mass is 16.5. The van der Waals surface area contributed by atoms with Gasteiger partial charge in [0.25, 0.3) is 0 Å². The van der Waals surface area contributed by atoms with Crippen molar-refractivity contribution in [2.75, 3.05) is 14.2 Å². The summed E-state index contributed by atoms with van der Waals surface area (Å²) in [6.07, 6.45) is 6.11. The summed E-state index contributed by atoms with van der Waals surface area (Å²) >= 11 is 0. The van der Waals surface area contributed by atoms with E-state index in [0.29, 0.717) is 12.8 Å². The van der Waals surface area contributed by atoms with Crippen LogP contribution in [-0.2, 0) is 23.9 Å². The summed E-state index contributed by atoms with van der Waals surface area (Å²) in [5, 5.41) is 0. The molecule has 0 unspecified atom stereocenters.